The summed E-state index contributed by atoms with van der Waals surface area (Å²) in [5.74, 6) is 0.550. The second kappa shape index (κ2) is 7.52. The van der Waals surface area contributed by atoms with Crippen LogP contribution in [-0.2, 0) is 11.2 Å². The highest BCUT2D eigenvalue weighted by atomic mass is 32.1. The lowest BCUT2D eigenvalue weighted by Gasteiger charge is -2.27. The smallest absolute Gasteiger partial charge is 0.254 e. The molecule has 3 heterocycles. The molecule has 2 aromatic heterocycles. The minimum Gasteiger partial charge on any atom is -0.378 e. The number of ether oxygens (including phenoxy) is 1. The first-order valence-corrected chi connectivity index (χ1v) is 8.59. The van der Waals surface area contributed by atoms with Gasteiger partial charge in [-0.05, 0) is 24.8 Å². The van der Waals surface area contributed by atoms with Gasteiger partial charge in [0.15, 0.2) is 0 Å². The lowest BCUT2D eigenvalue weighted by atomic mass is 10.2. The Kier molecular flexibility index (Phi) is 5.19. The van der Waals surface area contributed by atoms with Gasteiger partial charge in [0.2, 0.25) is 5.95 Å². The molecule has 0 saturated carbocycles. The fraction of sp³-hybridized carbons (Fsp3) is 0.438. The second-order valence-electron chi connectivity index (χ2n) is 5.35. The number of aryl methyl sites for hydroxylation is 1. The first-order valence-electron chi connectivity index (χ1n) is 7.71. The zero-order chi connectivity index (χ0) is 16.1. The van der Waals surface area contributed by atoms with Crippen molar-refractivity contribution in [1.29, 1.82) is 0 Å². The Morgan fingerprint density at radius 2 is 2.26 bits per heavy atom. The van der Waals surface area contributed by atoms with E-state index in [1.165, 1.54) is 4.88 Å². The van der Waals surface area contributed by atoms with Gasteiger partial charge in [0, 0.05) is 30.7 Å². The van der Waals surface area contributed by atoms with E-state index in [-0.39, 0.29) is 5.91 Å². The summed E-state index contributed by atoms with van der Waals surface area (Å²) >= 11 is 1.70. The van der Waals surface area contributed by atoms with E-state index in [0.29, 0.717) is 37.0 Å². The van der Waals surface area contributed by atoms with Gasteiger partial charge < -0.3 is 15.0 Å². The first kappa shape index (κ1) is 15.9. The van der Waals surface area contributed by atoms with Gasteiger partial charge in [-0.2, -0.15) is 0 Å². The molecule has 0 aliphatic carbocycles. The third kappa shape index (κ3) is 4.05. The number of anilines is 1. The van der Waals surface area contributed by atoms with Crippen LogP contribution in [0.3, 0.4) is 0 Å². The molecule has 1 amide bonds. The van der Waals surface area contributed by atoms with Gasteiger partial charge in [-0.3, -0.25) is 4.79 Å². The summed E-state index contributed by atoms with van der Waals surface area (Å²) in [4.78, 5) is 24.4. The standard InChI is InChI=1S/C16H20N4O2S/c1-12-14(15(21)17-5-4-13-3-2-10-23-13)11-18-16(19-12)20-6-8-22-9-7-20/h2-3,10-11H,4-9H2,1H3,(H,17,21). The lowest BCUT2D eigenvalue weighted by molar-refractivity contribution is 0.0952. The number of nitrogens with one attached hydrogen (secondary N) is 1. The number of morpholine rings is 1. The number of rotatable bonds is 5. The summed E-state index contributed by atoms with van der Waals surface area (Å²) in [6, 6.07) is 4.09. The average molecular weight is 332 g/mol. The fourth-order valence-corrected chi connectivity index (χ4v) is 3.15. The third-order valence-electron chi connectivity index (χ3n) is 3.74. The number of thiophene rings is 1. The van der Waals surface area contributed by atoms with E-state index in [1.54, 1.807) is 17.5 Å². The Balaban J connectivity index is 1.59. The number of nitrogens with zero attached hydrogens (tertiary/aromatic N) is 3. The van der Waals surface area contributed by atoms with E-state index in [4.69, 9.17) is 4.74 Å². The van der Waals surface area contributed by atoms with Gasteiger partial charge in [0.05, 0.1) is 24.5 Å². The molecule has 6 nitrogen and oxygen atoms in total. The number of hydrogen-bond donors (Lipinski definition) is 1. The van der Waals surface area contributed by atoms with Crippen molar-refractivity contribution in [3.63, 3.8) is 0 Å². The summed E-state index contributed by atoms with van der Waals surface area (Å²) in [7, 11) is 0. The van der Waals surface area contributed by atoms with Gasteiger partial charge in [-0.15, -0.1) is 11.3 Å². The van der Waals surface area contributed by atoms with Crippen LogP contribution in [0.1, 0.15) is 20.9 Å². The molecule has 2 aromatic rings. The molecular weight excluding hydrogens is 312 g/mol. The van der Waals surface area contributed by atoms with Crippen molar-refractivity contribution in [2.45, 2.75) is 13.3 Å². The van der Waals surface area contributed by atoms with Crippen molar-refractivity contribution in [1.82, 2.24) is 15.3 Å². The number of carbonyl (C=O) groups excluding carboxylic acids is 1. The summed E-state index contributed by atoms with van der Waals surface area (Å²) in [5, 5.41) is 4.97. The SMILES string of the molecule is Cc1nc(N2CCOCC2)ncc1C(=O)NCCc1cccs1. The van der Waals surface area contributed by atoms with Crippen molar-refractivity contribution in [3.05, 3.63) is 39.8 Å². The fourth-order valence-electron chi connectivity index (χ4n) is 2.44. The summed E-state index contributed by atoms with van der Waals surface area (Å²) in [5.41, 5.74) is 1.24. The second-order valence-corrected chi connectivity index (χ2v) is 6.39. The van der Waals surface area contributed by atoms with Crippen molar-refractivity contribution < 1.29 is 9.53 Å². The van der Waals surface area contributed by atoms with E-state index >= 15 is 0 Å². The Morgan fingerprint density at radius 3 is 2.96 bits per heavy atom. The van der Waals surface area contributed by atoms with Gasteiger partial charge >= 0.3 is 0 Å². The number of amides is 1. The molecule has 1 N–H and O–H groups in total. The van der Waals surface area contributed by atoms with Gasteiger partial charge in [-0.25, -0.2) is 9.97 Å². The largest absolute Gasteiger partial charge is 0.378 e. The van der Waals surface area contributed by atoms with Crippen LogP contribution in [0.2, 0.25) is 0 Å². The zero-order valence-electron chi connectivity index (χ0n) is 13.1. The maximum Gasteiger partial charge on any atom is 0.254 e. The van der Waals surface area contributed by atoms with Crippen molar-refractivity contribution in [2.24, 2.45) is 0 Å². The van der Waals surface area contributed by atoms with E-state index < -0.39 is 0 Å². The van der Waals surface area contributed by atoms with E-state index in [1.807, 2.05) is 18.4 Å². The van der Waals surface area contributed by atoms with Crippen LogP contribution in [0.4, 0.5) is 5.95 Å². The molecule has 122 valence electrons. The normalized spacial score (nSPS) is 14.7. The third-order valence-corrected chi connectivity index (χ3v) is 4.68. The van der Waals surface area contributed by atoms with Crippen LogP contribution >= 0.6 is 11.3 Å². The molecule has 0 radical (unpaired) electrons. The Hall–Kier alpha value is -1.99. The topological polar surface area (TPSA) is 67.3 Å². The van der Waals surface area contributed by atoms with Crippen LogP contribution < -0.4 is 10.2 Å². The van der Waals surface area contributed by atoms with Crippen LogP contribution in [0, 0.1) is 6.92 Å². The lowest BCUT2D eigenvalue weighted by Crippen LogP contribution is -2.37. The highest BCUT2D eigenvalue weighted by molar-refractivity contribution is 7.09. The molecule has 0 atom stereocenters. The van der Waals surface area contributed by atoms with Gasteiger partial charge in [-0.1, -0.05) is 6.07 Å². The van der Waals surface area contributed by atoms with Crippen LogP contribution in [-0.4, -0.2) is 48.7 Å². The molecule has 7 heteroatoms. The van der Waals surface area contributed by atoms with Crippen molar-refractivity contribution in [2.75, 3.05) is 37.7 Å². The molecule has 0 bridgehead atoms. The van der Waals surface area contributed by atoms with E-state index in [0.717, 1.165) is 19.5 Å². The quantitative estimate of drug-likeness (QED) is 0.902. The molecule has 0 aromatic carbocycles. The maximum atomic E-state index is 12.3. The molecule has 1 fully saturated rings. The predicted molar refractivity (Wildman–Crippen MR) is 90.2 cm³/mol. The molecule has 1 aliphatic rings. The summed E-state index contributed by atoms with van der Waals surface area (Å²) in [6.45, 7) is 5.40. The minimum absolute atomic E-state index is 0.118. The number of carbonyl (C=O) groups is 1. The maximum absolute atomic E-state index is 12.3. The predicted octanol–water partition coefficient (Wildman–Crippen LogP) is 1.66. The molecule has 0 spiro atoms. The van der Waals surface area contributed by atoms with Gasteiger partial charge in [0.1, 0.15) is 0 Å². The van der Waals surface area contributed by atoms with E-state index in [9.17, 15) is 4.79 Å². The Labute approximate surface area is 139 Å². The Bertz CT molecular complexity index is 654. The Morgan fingerprint density at radius 1 is 1.43 bits per heavy atom. The monoisotopic (exact) mass is 332 g/mol. The van der Waals surface area contributed by atoms with Crippen molar-refractivity contribution in [3.8, 4) is 0 Å². The molecule has 3 rings (SSSR count). The molecule has 23 heavy (non-hydrogen) atoms. The molecule has 1 aliphatic heterocycles. The zero-order valence-corrected chi connectivity index (χ0v) is 13.9. The highest BCUT2D eigenvalue weighted by Crippen LogP contribution is 2.13. The highest BCUT2D eigenvalue weighted by Gasteiger charge is 2.17. The van der Waals surface area contributed by atoms with Crippen LogP contribution in [0.5, 0.6) is 0 Å². The number of hydrogen-bond acceptors (Lipinski definition) is 6. The molecule has 0 unspecified atom stereocenters. The number of aromatic nitrogens is 2. The van der Waals surface area contributed by atoms with Crippen LogP contribution in [0.25, 0.3) is 0 Å². The minimum atomic E-state index is -0.118. The van der Waals surface area contributed by atoms with E-state index in [2.05, 4.69) is 26.3 Å². The average Bonchev–Trinajstić information content (AvgIpc) is 3.09. The van der Waals surface area contributed by atoms with Gasteiger partial charge in [0.25, 0.3) is 5.91 Å². The summed E-state index contributed by atoms with van der Waals surface area (Å²) < 4.78 is 5.33. The van der Waals surface area contributed by atoms with Crippen LogP contribution in [0.15, 0.2) is 23.7 Å². The summed E-state index contributed by atoms with van der Waals surface area (Å²) in [6.07, 6.45) is 2.46. The molecule has 1 saturated heterocycles. The molecular formula is C16H20N4O2S. The first-order chi connectivity index (χ1) is 11.2. The van der Waals surface area contributed by atoms with Crippen molar-refractivity contribution >= 4 is 23.2 Å².